The van der Waals surface area contributed by atoms with E-state index in [1.54, 1.807) is 14.0 Å². The number of rotatable bonds is 3. The lowest BCUT2D eigenvalue weighted by atomic mass is 10.9. The summed E-state index contributed by atoms with van der Waals surface area (Å²) >= 11 is 4.64. The molecule has 0 N–H and O–H groups in total. The molecule has 0 aromatic carbocycles. The highest BCUT2D eigenvalue weighted by atomic mass is 32.1. The van der Waals surface area contributed by atoms with Gasteiger partial charge in [-0.05, 0) is 6.92 Å². The first kappa shape index (κ1) is 7.27. The normalized spacial score (nSPS) is 14.1. The van der Waals surface area contributed by atoms with E-state index in [2.05, 4.69) is 17.4 Å². The van der Waals surface area contributed by atoms with Crippen molar-refractivity contribution < 1.29 is 9.47 Å². The van der Waals surface area contributed by atoms with Crippen molar-refractivity contribution in [1.82, 2.24) is 0 Å². The Balaban J connectivity index is 2.68. The molecule has 0 aliphatic carbocycles. The van der Waals surface area contributed by atoms with E-state index < -0.39 is 0 Å². The molecular weight excluding hydrogens is 112 g/mol. The van der Waals surface area contributed by atoms with Crippen LogP contribution in [0, 0.1) is 0 Å². The number of hydrogen-bond acceptors (Lipinski definition) is 2. The van der Waals surface area contributed by atoms with Gasteiger partial charge in [-0.3, -0.25) is 0 Å². The van der Waals surface area contributed by atoms with Gasteiger partial charge in [0.15, 0.2) is 0 Å². The first-order chi connectivity index (χ1) is 3.27. The Morgan fingerprint density at radius 3 is 2.43 bits per heavy atom. The molecule has 0 rings (SSSR count). The van der Waals surface area contributed by atoms with E-state index in [-0.39, 0.29) is 5.44 Å². The molecule has 0 aromatic heterocycles. The van der Waals surface area contributed by atoms with Crippen molar-refractivity contribution in [3.05, 3.63) is 0 Å². The van der Waals surface area contributed by atoms with Crippen molar-refractivity contribution in [3.63, 3.8) is 0 Å². The van der Waals surface area contributed by atoms with E-state index in [0.717, 1.165) is 0 Å². The second-order valence-electron chi connectivity index (χ2n) is 1.14. The summed E-state index contributed by atoms with van der Waals surface area (Å²) in [6.07, 6.45) is 0. The lowest BCUT2D eigenvalue weighted by molar-refractivity contribution is -0.0359. The Labute approximate surface area is 49.2 Å². The molecular formula is C4H9O2S. The molecule has 1 unspecified atom stereocenters. The predicted octanol–water partition coefficient (Wildman–Crippen LogP) is 1.15. The lowest BCUT2D eigenvalue weighted by Gasteiger charge is -2.01. The smallest absolute Gasteiger partial charge is 0.147 e. The molecule has 1 atom stereocenters. The summed E-state index contributed by atoms with van der Waals surface area (Å²) in [5, 5.41) is 0. The van der Waals surface area contributed by atoms with Crippen molar-refractivity contribution in [2.24, 2.45) is 0 Å². The second kappa shape index (κ2) is 4.43. The Morgan fingerprint density at radius 1 is 1.71 bits per heavy atom. The number of methoxy groups -OCH3 is 1. The SMILES string of the molecule is COCOC(C)[S]. The van der Waals surface area contributed by atoms with Crippen LogP contribution in [0.15, 0.2) is 0 Å². The quantitative estimate of drug-likeness (QED) is 0.521. The standard InChI is InChI=1S/C4H9O2S/c1-4(7)6-3-5-2/h4H,3H2,1-2H3. The molecule has 0 saturated carbocycles. The maximum Gasteiger partial charge on any atom is 0.147 e. The van der Waals surface area contributed by atoms with E-state index in [1.165, 1.54) is 0 Å². The molecule has 0 fully saturated rings. The van der Waals surface area contributed by atoms with Crippen LogP contribution in [0.1, 0.15) is 6.92 Å². The highest BCUT2D eigenvalue weighted by molar-refractivity contribution is 7.80. The summed E-state index contributed by atoms with van der Waals surface area (Å²) in [6, 6.07) is 0. The monoisotopic (exact) mass is 121 g/mol. The van der Waals surface area contributed by atoms with E-state index >= 15 is 0 Å². The van der Waals surface area contributed by atoms with E-state index in [0.29, 0.717) is 6.79 Å². The Morgan fingerprint density at radius 2 is 2.29 bits per heavy atom. The zero-order valence-corrected chi connectivity index (χ0v) is 5.33. The van der Waals surface area contributed by atoms with Crippen molar-refractivity contribution in [2.45, 2.75) is 12.4 Å². The maximum atomic E-state index is 4.78. The van der Waals surface area contributed by atoms with Crippen molar-refractivity contribution in [1.29, 1.82) is 0 Å². The lowest BCUT2D eigenvalue weighted by Crippen LogP contribution is -2.01. The minimum Gasteiger partial charge on any atom is -0.359 e. The fraction of sp³-hybridized carbons (Fsp3) is 1.00. The van der Waals surface area contributed by atoms with Gasteiger partial charge in [-0.25, -0.2) is 0 Å². The molecule has 0 saturated heterocycles. The summed E-state index contributed by atoms with van der Waals surface area (Å²) in [6.45, 7) is 2.08. The minimum absolute atomic E-state index is 0.139. The summed E-state index contributed by atoms with van der Waals surface area (Å²) < 4.78 is 9.35. The van der Waals surface area contributed by atoms with Crippen LogP contribution in [0.25, 0.3) is 0 Å². The van der Waals surface area contributed by atoms with Gasteiger partial charge in [0.2, 0.25) is 0 Å². The van der Waals surface area contributed by atoms with E-state index in [4.69, 9.17) is 4.74 Å². The molecule has 0 aliphatic rings. The van der Waals surface area contributed by atoms with Gasteiger partial charge in [0.05, 0.1) is 0 Å². The number of hydrogen-bond donors (Lipinski definition) is 0. The first-order valence-corrected chi connectivity index (χ1v) is 2.51. The van der Waals surface area contributed by atoms with Gasteiger partial charge in [0, 0.05) is 7.11 Å². The molecule has 3 heteroatoms. The molecule has 0 spiro atoms. The van der Waals surface area contributed by atoms with Gasteiger partial charge in [-0.15, -0.1) is 0 Å². The highest BCUT2D eigenvalue weighted by Gasteiger charge is 1.89. The molecule has 0 amide bonds. The predicted molar refractivity (Wildman–Crippen MR) is 30.0 cm³/mol. The number of ether oxygens (including phenoxy) is 2. The van der Waals surface area contributed by atoms with Crippen LogP contribution in [0.4, 0.5) is 0 Å². The second-order valence-corrected chi connectivity index (χ2v) is 1.80. The average molecular weight is 121 g/mol. The van der Waals surface area contributed by atoms with Gasteiger partial charge in [0.1, 0.15) is 12.2 Å². The molecule has 0 aliphatic heterocycles. The van der Waals surface area contributed by atoms with Gasteiger partial charge in [-0.2, -0.15) is 0 Å². The summed E-state index contributed by atoms with van der Waals surface area (Å²) in [5.74, 6) is 0. The summed E-state index contributed by atoms with van der Waals surface area (Å²) in [7, 11) is 1.57. The summed E-state index contributed by atoms with van der Waals surface area (Å²) in [4.78, 5) is 0. The Kier molecular flexibility index (Phi) is 4.60. The van der Waals surface area contributed by atoms with Gasteiger partial charge >= 0.3 is 0 Å². The Bertz CT molecular complexity index is 38.7. The van der Waals surface area contributed by atoms with Crippen LogP contribution in [0.2, 0.25) is 0 Å². The summed E-state index contributed by atoms with van der Waals surface area (Å²) in [5.41, 5.74) is -0.139. The molecule has 0 aromatic rings. The van der Waals surface area contributed by atoms with Gasteiger partial charge in [0.25, 0.3) is 0 Å². The third-order valence-corrected chi connectivity index (χ3v) is 0.557. The topological polar surface area (TPSA) is 18.5 Å². The molecule has 1 radical (unpaired) electrons. The van der Waals surface area contributed by atoms with Gasteiger partial charge in [-0.1, -0.05) is 12.6 Å². The highest BCUT2D eigenvalue weighted by Crippen LogP contribution is 1.92. The molecule has 2 nitrogen and oxygen atoms in total. The van der Waals surface area contributed by atoms with E-state index in [9.17, 15) is 0 Å². The third-order valence-electron chi connectivity index (χ3n) is 0.421. The average Bonchev–Trinajstić information content (AvgIpc) is 1.61. The van der Waals surface area contributed by atoms with Crippen molar-refractivity contribution >= 4 is 12.6 Å². The van der Waals surface area contributed by atoms with Crippen LogP contribution < -0.4 is 0 Å². The van der Waals surface area contributed by atoms with Crippen LogP contribution in [-0.2, 0) is 9.47 Å². The molecule has 43 valence electrons. The van der Waals surface area contributed by atoms with Crippen LogP contribution >= 0.6 is 12.6 Å². The van der Waals surface area contributed by atoms with Crippen molar-refractivity contribution in [3.8, 4) is 0 Å². The zero-order chi connectivity index (χ0) is 5.70. The third kappa shape index (κ3) is 6.27. The molecule has 7 heavy (non-hydrogen) atoms. The van der Waals surface area contributed by atoms with Crippen LogP contribution in [0.3, 0.4) is 0 Å². The van der Waals surface area contributed by atoms with Crippen LogP contribution in [-0.4, -0.2) is 19.3 Å². The maximum absolute atomic E-state index is 4.78. The van der Waals surface area contributed by atoms with E-state index in [1.807, 2.05) is 0 Å². The minimum atomic E-state index is -0.139. The largest absolute Gasteiger partial charge is 0.359 e. The zero-order valence-electron chi connectivity index (χ0n) is 4.51. The molecule has 0 heterocycles. The van der Waals surface area contributed by atoms with Crippen LogP contribution in [0.5, 0.6) is 0 Å². The fourth-order valence-corrected chi connectivity index (χ4v) is 0.219. The van der Waals surface area contributed by atoms with Gasteiger partial charge < -0.3 is 9.47 Å². The Hall–Kier alpha value is 0.270. The fourth-order valence-electron chi connectivity index (χ4n) is 0.164. The first-order valence-electron chi connectivity index (χ1n) is 2.03. The molecule has 0 bridgehead atoms. The van der Waals surface area contributed by atoms with Crippen molar-refractivity contribution in [2.75, 3.05) is 13.9 Å².